The van der Waals surface area contributed by atoms with Gasteiger partial charge in [-0.05, 0) is 26.2 Å². The minimum absolute atomic E-state index is 0.0000449. The van der Waals surface area contributed by atoms with Crippen LogP contribution < -0.4 is 5.32 Å². The summed E-state index contributed by atoms with van der Waals surface area (Å²) in [5.74, 6) is 0.829. The normalized spacial score (nSPS) is 18.3. The summed E-state index contributed by atoms with van der Waals surface area (Å²) in [6.45, 7) is 8.21. The number of rotatable bonds is 7. The van der Waals surface area contributed by atoms with E-state index >= 15 is 0 Å². The Labute approximate surface area is 138 Å². The van der Waals surface area contributed by atoms with E-state index in [2.05, 4.69) is 17.3 Å². The van der Waals surface area contributed by atoms with E-state index < -0.39 is 0 Å². The highest BCUT2D eigenvalue weighted by molar-refractivity contribution is 5.93. The summed E-state index contributed by atoms with van der Waals surface area (Å²) in [4.78, 5) is 26.3. The van der Waals surface area contributed by atoms with E-state index in [0.717, 1.165) is 43.7 Å². The molecule has 1 atom stereocenters. The third kappa shape index (κ3) is 4.33. The molecule has 0 radical (unpaired) electrons. The van der Waals surface area contributed by atoms with E-state index in [0.29, 0.717) is 19.4 Å². The summed E-state index contributed by atoms with van der Waals surface area (Å²) in [6, 6.07) is 0. The fraction of sp³-hybridized carbons (Fsp3) is 0.706. The monoisotopic (exact) mass is 320 g/mol. The molecule has 6 heteroatoms. The number of hydrogen-bond acceptors (Lipinski definition) is 3. The number of hydrogen-bond donors (Lipinski definition) is 1. The second-order valence-electron chi connectivity index (χ2n) is 6.32. The molecule has 1 aliphatic rings. The van der Waals surface area contributed by atoms with Crippen molar-refractivity contribution in [2.75, 3.05) is 18.4 Å². The standard InChI is InChI=1S/C17H28N4O2/c1-4-6-10-21-16(13(3)11-18-21)19-17(23)14-7-8-15(22)20(12-14)9-5-2/h11,14H,4-10,12H2,1-3H3,(H,19,23)/t14-/m1/s1. The molecule has 6 nitrogen and oxygen atoms in total. The molecule has 1 aromatic rings. The third-order valence-electron chi connectivity index (χ3n) is 4.35. The number of carbonyl (C=O) groups is 2. The van der Waals surface area contributed by atoms with Crippen molar-refractivity contribution in [1.82, 2.24) is 14.7 Å². The molecule has 1 N–H and O–H groups in total. The van der Waals surface area contributed by atoms with E-state index in [-0.39, 0.29) is 17.7 Å². The topological polar surface area (TPSA) is 67.2 Å². The van der Waals surface area contributed by atoms with Crippen molar-refractivity contribution in [3.63, 3.8) is 0 Å². The van der Waals surface area contributed by atoms with Crippen LogP contribution in [0.1, 0.15) is 51.5 Å². The Morgan fingerprint density at radius 2 is 2.13 bits per heavy atom. The number of unbranched alkanes of at least 4 members (excludes halogenated alkanes) is 1. The van der Waals surface area contributed by atoms with Crippen LogP contribution >= 0.6 is 0 Å². The lowest BCUT2D eigenvalue weighted by molar-refractivity contribution is -0.137. The second kappa shape index (κ2) is 8.13. The van der Waals surface area contributed by atoms with Gasteiger partial charge in [0.1, 0.15) is 5.82 Å². The van der Waals surface area contributed by atoms with Crippen LogP contribution in [0.2, 0.25) is 0 Å². The number of aryl methyl sites for hydroxylation is 2. The summed E-state index contributed by atoms with van der Waals surface area (Å²) in [5, 5.41) is 7.38. The van der Waals surface area contributed by atoms with Gasteiger partial charge in [0.25, 0.3) is 0 Å². The fourth-order valence-electron chi connectivity index (χ4n) is 2.95. The predicted octanol–water partition coefficient (Wildman–Crippen LogP) is 2.58. The fourth-order valence-corrected chi connectivity index (χ4v) is 2.95. The molecule has 1 saturated heterocycles. The Hall–Kier alpha value is -1.85. The number of amides is 2. The number of likely N-dealkylation sites (tertiary alicyclic amines) is 1. The molecule has 2 heterocycles. The molecule has 1 fully saturated rings. The third-order valence-corrected chi connectivity index (χ3v) is 4.35. The van der Waals surface area contributed by atoms with Gasteiger partial charge < -0.3 is 10.2 Å². The first kappa shape index (κ1) is 17.5. The number of piperidine rings is 1. The number of aromatic nitrogens is 2. The van der Waals surface area contributed by atoms with Crippen LogP contribution in [-0.2, 0) is 16.1 Å². The molecule has 0 unspecified atom stereocenters. The van der Waals surface area contributed by atoms with Gasteiger partial charge in [-0.3, -0.25) is 9.59 Å². The second-order valence-corrected chi connectivity index (χ2v) is 6.32. The number of nitrogens with one attached hydrogen (secondary N) is 1. The number of anilines is 1. The first-order chi connectivity index (χ1) is 11.1. The Morgan fingerprint density at radius 1 is 1.35 bits per heavy atom. The van der Waals surface area contributed by atoms with Crippen LogP contribution in [-0.4, -0.2) is 39.6 Å². The van der Waals surface area contributed by atoms with Gasteiger partial charge in [0, 0.05) is 31.6 Å². The van der Waals surface area contributed by atoms with E-state index in [1.54, 1.807) is 6.20 Å². The average molecular weight is 320 g/mol. The molecule has 2 amide bonds. The Kier molecular flexibility index (Phi) is 6.19. The Balaban J connectivity index is 2.01. The zero-order valence-electron chi connectivity index (χ0n) is 14.5. The zero-order valence-corrected chi connectivity index (χ0v) is 14.5. The maximum Gasteiger partial charge on any atom is 0.230 e. The highest BCUT2D eigenvalue weighted by atomic mass is 16.2. The Morgan fingerprint density at radius 3 is 2.83 bits per heavy atom. The summed E-state index contributed by atoms with van der Waals surface area (Å²) >= 11 is 0. The van der Waals surface area contributed by atoms with Crippen molar-refractivity contribution in [3.05, 3.63) is 11.8 Å². The molecule has 0 aliphatic carbocycles. The van der Waals surface area contributed by atoms with Crippen LogP contribution in [0.5, 0.6) is 0 Å². The molecular weight excluding hydrogens is 292 g/mol. The lowest BCUT2D eigenvalue weighted by atomic mass is 9.96. The van der Waals surface area contributed by atoms with Crippen molar-refractivity contribution < 1.29 is 9.59 Å². The van der Waals surface area contributed by atoms with E-state index in [9.17, 15) is 9.59 Å². The maximum atomic E-state index is 12.6. The molecular formula is C17H28N4O2. The van der Waals surface area contributed by atoms with Gasteiger partial charge in [-0.15, -0.1) is 0 Å². The molecule has 0 aromatic carbocycles. The first-order valence-corrected chi connectivity index (χ1v) is 8.67. The van der Waals surface area contributed by atoms with Crippen LogP contribution in [0.25, 0.3) is 0 Å². The van der Waals surface area contributed by atoms with Gasteiger partial charge in [0.2, 0.25) is 11.8 Å². The quantitative estimate of drug-likeness (QED) is 0.839. The molecule has 0 bridgehead atoms. The number of carbonyl (C=O) groups excluding carboxylic acids is 2. The SMILES string of the molecule is CCCCn1ncc(C)c1NC(=O)[C@@H]1CCC(=O)N(CCC)C1. The van der Waals surface area contributed by atoms with Gasteiger partial charge in [-0.1, -0.05) is 20.3 Å². The van der Waals surface area contributed by atoms with Gasteiger partial charge in [-0.2, -0.15) is 5.10 Å². The molecule has 0 spiro atoms. The van der Waals surface area contributed by atoms with Crippen LogP contribution in [0.4, 0.5) is 5.82 Å². The largest absolute Gasteiger partial charge is 0.342 e. The van der Waals surface area contributed by atoms with Crippen molar-refractivity contribution >= 4 is 17.6 Å². The van der Waals surface area contributed by atoms with Crippen LogP contribution in [0, 0.1) is 12.8 Å². The highest BCUT2D eigenvalue weighted by Crippen LogP contribution is 2.21. The molecule has 0 saturated carbocycles. The van der Waals surface area contributed by atoms with Crippen molar-refractivity contribution in [3.8, 4) is 0 Å². The molecule has 1 aliphatic heterocycles. The molecule has 1 aromatic heterocycles. The summed E-state index contributed by atoms with van der Waals surface area (Å²) in [5.41, 5.74) is 0.978. The summed E-state index contributed by atoms with van der Waals surface area (Å²) in [7, 11) is 0. The van der Waals surface area contributed by atoms with Crippen molar-refractivity contribution in [1.29, 1.82) is 0 Å². The van der Waals surface area contributed by atoms with Crippen molar-refractivity contribution in [2.24, 2.45) is 5.92 Å². The van der Waals surface area contributed by atoms with Gasteiger partial charge >= 0.3 is 0 Å². The summed E-state index contributed by atoms with van der Waals surface area (Å²) < 4.78 is 1.87. The van der Waals surface area contributed by atoms with Gasteiger partial charge in [-0.25, -0.2) is 4.68 Å². The minimum Gasteiger partial charge on any atom is -0.342 e. The average Bonchev–Trinajstić information content (AvgIpc) is 2.88. The van der Waals surface area contributed by atoms with Gasteiger partial charge in [0.15, 0.2) is 0 Å². The van der Waals surface area contributed by atoms with E-state index in [1.165, 1.54) is 0 Å². The lowest BCUT2D eigenvalue weighted by Crippen LogP contribution is -2.44. The highest BCUT2D eigenvalue weighted by Gasteiger charge is 2.30. The zero-order chi connectivity index (χ0) is 16.8. The lowest BCUT2D eigenvalue weighted by Gasteiger charge is -2.31. The van der Waals surface area contributed by atoms with E-state index in [4.69, 9.17) is 0 Å². The van der Waals surface area contributed by atoms with Crippen LogP contribution in [0.15, 0.2) is 6.20 Å². The summed E-state index contributed by atoms with van der Waals surface area (Å²) in [6.07, 6.45) is 5.93. The van der Waals surface area contributed by atoms with Crippen molar-refractivity contribution in [2.45, 2.75) is 59.4 Å². The van der Waals surface area contributed by atoms with E-state index in [1.807, 2.05) is 23.4 Å². The smallest absolute Gasteiger partial charge is 0.230 e. The predicted molar refractivity (Wildman–Crippen MR) is 90.1 cm³/mol. The molecule has 2 rings (SSSR count). The van der Waals surface area contributed by atoms with Gasteiger partial charge in [0.05, 0.1) is 12.1 Å². The molecule has 128 valence electrons. The van der Waals surface area contributed by atoms with Crippen LogP contribution in [0.3, 0.4) is 0 Å². The first-order valence-electron chi connectivity index (χ1n) is 8.67. The Bertz CT molecular complexity index is 553. The number of nitrogens with zero attached hydrogens (tertiary/aromatic N) is 3. The minimum atomic E-state index is -0.131. The maximum absolute atomic E-state index is 12.6. The molecule has 23 heavy (non-hydrogen) atoms.